The molecule has 0 radical (unpaired) electrons. The number of rotatable bonds is 3. The molecule has 12 heavy (non-hydrogen) atoms. The minimum Gasteiger partial charge on any atom is -0.316 e. The van der Waals surface area contributed by atoms with E-state index < -0.39 is 5.51 Å². The van der Waals surface area contributed by atoms with E-state index in [1.165, 1.54) is 0 Å². The Bertz CT molecular complexity index is 131. The van der Waals surface area contributed by atoms with Gasteiger partial charge in [-0.1, -0.05) is 11.8 Å². The number of hydrogen-bond donors (Lipinski definition) is 1. The molecule has 1 fully saturated rings. The molecule has 0 amide bonds. The molecule has 1 N–H and O–H groups in total. The van der Waals surface area contributed by atoms with E-state index >= 15 is 0 Å². The SMILES string of the molecule is FC(F)(F)SCCC1CCNC1. The molecule has 72 valence electrons. The Morgan fingerprint density at radius 1 is 1.42 bits per heavy atom. The summed E-state index contributed by atoms with van der Waals surface area (Å²) < 4.78 is 35.0. The van der Waals surface area contributed by atoms with Gasteiger partial charge >= 0.3 is 5.51 Å². The zero-order valence-corrected chi connectivity index (χ0v) is 7.47. The van der Waals surface area contributed by atoms with Crippen LogP contribution in [-0.2, 0) is 0 Å². The molecule has 0 saturated carbocycles. The summed E-state index contributed by atoms with van der Waals surface area (Å²) in [6.45, 7) is 1.85. The summed E-state index contributed by atoms with van der Waals surface area (Å²) in [5, 5.41) is 3.13. The van der Waals surface area contributed by atoms with Crippen LogP contribution in [0.4, 0.5) is 13.2 Å². The molecule has 1 aliphatic rings. The average Bonchev–Trinajstić information content (AvgIpc) is 2.36. The molecule has 0 aromatic rings. The van der Waals surface area contributed by atoms with Gasteiger partial charge in [0.15, 0.2) is 0 Å². The lowest BCUT2D eigenvalue weighted by Gasteiger charge is -2.08. The van der Waals surface area contributed by atoms with Crippen molar-refractivity contribution in [3.63, 3.8) is 0 Å². The van der Waals surface area contributed by atoms with Crippen LogP contribution in [0.1, 0.15) is 12.8 Å². The molecule has 0 bridgehead atoms. The van der Waals surface area contributed by atoms with Crippen LogP contribution in [0.5, 0.6) is 0 Å². The number of hydrogen-bond acceptors (Lipinski definition) is 2. The number of alkyl halides is 3. The quantitative estimate of drug-likeness (QED) is 0.748. The first-order valence-electron chi connectivity index (χ1n) is 3.99. The normalized spacial score (nSPS) is 24.8. The second-order valence-corrected chi connectivity index (χ2v) is 4.10. The predicted octanol–water partition coefficient (Wildman–Crippen LogP) is 2.24. The van der Waals surface area contributed by atoms with E-state index in [2.05, 4.69) is 5.32 Å². The van der Waals surface area contributed by atoms with Crippen molar-refractivity contribution < 1.29 is 13.2 Å². The fraction of sp³-hybridized carbons (Fsp3) is 1.00. The molecule has 1 atom stereocenters. The molecule has 1 nitrogen and oxygen atoms in total. The average molecular weight is 199 g/mol. The molecule has 1 aliphatic heterocycles. The third-order valence-electron chi connectivity index (χ3n) is 1.95. The highest BCUT2D eigenvalue weighted by Gasteiger charge is 2.28. The van der Waals surface area contributed by atoms with Gasteiger partial charge in [0, 0.05) is 5.75 Å². The molecule has 1 saturated heterocycles. The summed E-state index contributed by atoms with van der Waals surface area (Å²) in [6.07, 6.45) is 1.70. The van der Waals surface area contributed by atoms with Gasteiger partial charge in [-0.2, -0.15) is 13.2 Å². The van der Waals surface area contributed by atoms with Crippen molar-refractivity contribution in [3.05, 3.63) is 0 Å². The fourth-order valence-corrected chi connectivity index (χ4v) is 1.98. The van der Waals surface area contributed by atoms with E-state index in [0.717, 1.165) is 19.5 Å². The molecule has 1 heterocycles. The molecular weight excluding hydrogens is 187 g/mol. The number of thioether (sulfide) groups is 1. The highest BCUT2D eigenvalue weighted by molar-refractivity contribution is 8.00. The smallest absolute Gasteiger partial charge is 0.316 e. The van der Waals surface area contributed by atoms with Crippen LogP contribution in [0.25, 0.3) is 0 Å². The van der Waals surface area contributed by atoms with Crippen molar-refractivity contribution in [3.8, 4) is 0 Å². The van der Waals surface area contributed by atoms with Gasteiger partial charge in [-0.15, -0.1) is 0 Å². The molecular formula is C7H12F3NS. The van der Waals surface area contributed by atoms with Crippen LogP contribution in [0.3, 0.4) is 0 Å². The number of nitrogens with one attached hydrogen (secondary N) is 1. The zero-order valence-electron chi connectivity index (χ0n) is 6.66. The van der Waals surface area contributed by atoms with Crippen LogP contribution in [0.2, 0.25) is 0 Å². The van der Waals surface area contributed by atoms with Crippen LogP contribution >= 0.6 is 11.8 Å². The van der Waals surface area contributed by atoms with Crippen molar-refractivity contribution in [2.75, 3.05) is 18.8 Å². The second-order valence-electron chi connectivity index (χ2n) is 2.94. The lowest BCUT2D eigenvalue weighted by Crippen LogP contribution is -2.10. The minimum absolute atomic E-state index is 0.0926. The first-order valence-corrected chi connectivity index (χ1v) is 4.98. The first-order chi connectivity index (χ1) is 5.58. The van der Waals surface area contributed by atoms with Crippen LogP contribution in [0, 0.1) is 5.92 Å². The predicted molar refractivity (Wildman–Crippen MR) is 44.1 cm³/mol. The monoisotopic (exact) mass is 199 g/mol. The Labute approximate surface area is 74.1 Å². The van der Waals surface area contributed by atoms with Crippen molar-refractivity contribution in [2.45, 2.75) is 18.3 Å². The van der Waals surface area contributed by atoms with E-state index in [-0.39, 0.29) is 17.5 Å². The third kappa shape index (κ3) is 4.21. The van der Waals surface area contributed by atoms with E-state index in [1.54, 1.807) is 0 Å². The van der Waals surface area contributed by atoms with Gasteiger partial charge in [0.2, 0.25) is 0 Å². The van der Waals surface area contributed by atoms with Crippen LogP contribution in [0.15, 0.2) is 0 Å². The van der Waals surface area contributed by atoms with Crippen molar-refractivity contribution in [2.24, 2.45) is 5.92 Å². The third-order valence-corrected chi connectivity index (χ3v) is 2.72. The van der Waals surface area contributed by atoms with Crippen molar-refractivity contribution in [1.82, 2.24) is 5.32 Å². The van der Waals surface area contributed by atoms with Crippen LogP contribution in [-0.4, -0.2) is 24.4 Å². The molecule has 5 heteroatoms. The van der Waals surface area contributed by atoms with Gasteiger partial charge in [-0.25, -0.2) is 0 Å². The van der Waals surface area contributed by atoms with Crippen molar-refractivity contribution >= 4 is 11.8 Å². The number of halogens is 3. The molecule has 0 spiro atoms. The van der Waals surface area contributed by atoms with Gasteiger partial charge in [0.05, 0.1) is 0 Å². The lowest BCUT2D eigenvalue weighted by molar-refractivity contribution is -0.0328. The van der Waals surface area contributed by atoms with Gasteiger partial charge in [0.1, 0.15) is 0 Å². The fourth-order valence-electron chi connectivity index (χ4n) is 1.30. The van der Waals surface area contributed by atoms with Gasteiger partial charge in [0.25, 0.3) is 0 Å². The highest BCUT2D eigenvalue weighted by atomic mass is 32.2. The van der Waals surface area contributed by atoms with E-state index in [4.69, 9.17) is 0 Å². The maximum absolute atomic E-state index is 11.7. The standard InChI is InChI=1S/C7H12F3NS/c8-7(9,10)12-4-2-6-1-3-11-5-6/h6,11H,1-5H2. The topological polar surface area (TPSA) is 12.0 Å². The van der Waals surface area contributed by atoms with Gasteiger partial charge in [-0.3, -0.25) is 0 Å². The molecule has 0 aromatic heterocycles. The summed E-state index contributed by atoms with van der Waals surface area (Å²) in [5.74, 6) is 0.662. The van der Waals surface area contributed by atoms with Crippen molar-refractivity contribution in [1.29, 1.82) is 0 Å². The largest absolute Gasteiger partial charge is 0.441 e. The Balaban J connectivity index is 2.02. The molecule has 0 aliphatic carbocycles. The summed E-state index contributed by atoms with van der Waals surface area (Å²) in [4.78, 5) is 0. The van der Waals surface area contributed by atoms with Gasteiger partial charge in [-0.05, 0) is 31.8 Å². The zero-order chi connectivity index (χ0) is 9.03. The molecule has 0 aromatic carbocycles. The van der Waals surface area contributed by atoms with E-state index in [1.807, 2.05) is 0 Å². The maximum Gasteiger partial charge on any atom is 0.441 e. The minimum atomic E-state index is -4.05. The summed E-state index contributed by atoms with van der Waals surface area (Å²) >= 11 is 0.0926. The highest BCUT2D eigenvalue weighted by Crippen LogP contribution is 2.31. The Morgan fingerprint density at radius 3 is 2.67 bits per heavy atom. The molecule has 1 rings (SSSR count). The maximum atomic E-state index is 11.7. The Kier molecular flexibility index (Phi) is 3.71. The van der Waals surface area contributed by atoms with Gasteiger partial charge < -0.3 is 5.32 Å². The van der Waals surface area contributed by atoms with Crippen LogP contribution < -0.4 is 5.32 Å². The summed E-state index contributed by atoms with van der Waals surface area (Å²) in [5.41, 5.74) is -4.05. The second kappa shape index (κ2) is 4.37. The Morgan fingerprint density at radius 2 is 2.17 bits per heavy atom. The van der Waals surface area contributed by atoms with E-state index in [9.17, 15) is 13.2 Å². The molecule has 1 unspecified atom stereocenters. The first kappa shape index (κ1) is 10.2. The Hall–Kier alpha value is 0.1000. The lowest BCUT2D eigenvalue weighted by atomic mass is 10.1. The summed E-state index contributed by atoms with van der Waals surface area (Å²) in [6, 6.07) is 0. The van der Waals surface area contributed by atoms with E-state index in [0.29, 0.717) is 12.3 Å². The summed E-state index contributed by atoms with van der Waals surface area (Å²) in [7, 11) is 0.